The molecule has 0 saturated carbocycles. The minimum atomic E-state index is -0.505. The van der Waals surface area contributed by atoms with Crippen LogP contribution < -0.4 is 0 Å². The Morgan fingerprint density at radius 1 is 1.29 bits per heavy atom. The number of aromatic nitrogens is 1. The van der Waals surface area contributed by atoms with Crippen LogP contribution in [0.5, 0.6) is 0 Å². The first-order valence-electron chi connectivity index (χ1n) is 7.51. The first-order chi connectivity index (χ1) is 10.2. The average molecular weight is 284 g/mol. The first-order valence-corrected chi connectivity index (χ1v) is 7.51. The van der Waals surface area contributed by atoms with Gasteiger partial charge in [0.05, 0.1) is 17.7 Å². The molecule has 1 aliphatic rings. The monoisotopic (exact) mass is 284 g/mol. The number of amides is 1. The number of likely N-dealkylation sites (tertiary alicyclic amines) is 1. The van der Waals surface area contributed by atoms with Crippen LogP contribution in [0, 0.1) is 0 Å². The third kappa shape index (κ3) is 2.76. The molecule has 110 valence electrons. The number of rotatable bonds is 2. The van der Waals surface area contributed by atoms with Crippen molar-refractivity contribution in [3.05, 3.63) is 42.1 Å². The average Bonchev–Trinajstić information content (AvgIpc) is 2.53. The fourth-order valence-corrected chi connectivity index (χ4v) is 3.04. The van der Waals surface area contributed by atoms with Crippen molar-refractivity contribution in [3.63, 3.8) is 0 Å². The highest BCUT2D eigenvalue weighted by atomic mass is 16.3. The number of para-hydroxylation sites is 1. The molecule has 2 heterocycles. The molecular weight excluding hydrogens is 264 g/mol. The number of fused-ring (bicyclic) bond motifs is 1. The molecule has 3 rings (SSSR count). The number of hydrogen-bond acceptors (Lipinski definition) is 3. The van der Waals surface area contributed by atoms with Gasteiger partial charge in [0, 0.05) is 11.9 Å². The van der Waals surface area contributed by atoms with Crippen LogP contribution in [0.4, 0.5) is 0 Å². The van der Waals surface area contributed by atoms with Crippen molar-refractivity contribution >= 4 is 16.8 Å². The molecule has 4 nitrogen and oxygen atoms in total. The molecule has 1 N–H and O–H groups in total. The first kappa shape index (κ1) is 14.0. The van der Waals surface area contributed by atoms with Crippen LogP contribution in [0.25, 0.3) is 10.9 Å². The number of carbonyl (C=O) groups excluding carboxylic acids is 1. The van der Waals surface area contributed by atoms with Gasteiger partial charge in [-0.2, -0.15) is 0 Å². The van der Waals surface area contributed by atoms with E-state index in [1.165, 1.54) is 0 Å². The van der Waals surface area contributed by atoms with Crippen LogP contribution in [0.3, 0.4) is 0 Å². The van der Waals surface area contributed by atoms with E-state index in [-0.39, 0.29) is 11.9 Å². The molecule has 1 aromatic heterocycles. The second kappa shape index (κ2) is 5.82. The highest BCUT2D eigenvalue weighted by molar-refractivity contribution is 5.95. The van der Waals surface area contributed by atoms with E-state index in [1.54, 1.807) is 17.9 Å². The molecule has 1 saturated heterocycles. The summed E-state index contributed by atoms with van der Waals surface area (Å²) in [5.41, 5.74) is 1.29. The van der Waals surface area contributed by atoms with Crippen LogP contribution in [0.1, 0.15) is 36.7 Å². The van der Waals surface area contributed by atoms with Crippen molar-refractivity contribution in [2.45, 2.75) is 38.3 Å². The Labute approximate surface area is 124 Å². The van der Waals surface area contributed by atoms with Gasteiger partial charge in [-0.15, -0.1) is 0 Å². The Morgan fingerprint density at radius 2 is 2.10 bits per heavy atom. The number of aliphatic hydroxyl groups excluding tert-OH is 1. The number of carbonyl (C=O) groups is 1. The summed E-state index contributed by atoms with van der Waals surface area (Å²) in [6, 6.07) is 11.4. The molecule has 2 aromatic rings. The highest BCUT2D eigenvalue weighted by Crippen LogP contribution is 2.22. The van der Waals surface area contributed by atoms with Crippen molar-refractivity contribution in [2.24, 2.45) is 0 Å². The van der Waals surface area contributed by atoms with Crippen LogP contribution in [0.15, 0.2) is 36.4 Å². The highest BCUT2D eigenvalue weighted by Gasteiger charge is 2.31. The molecule has 0 aliphatic carbocycles. The van der Waals surface area contributed by atoms with E-state index >= 15 is 0 Å². The Morgan fingerprint density at radius 3 is 2.90 bits per heavy atom. The summed E-state index contributed by atoms with van der Waals surface area (Å²) < 4.78 is 0. The number of pyridine rings is 1. The Balaban J connectivity index is 1.91. The van der Waals surface area contributed by atoms with E-state index in [4.69, 9.17) is 0 Å². The van der Waals surface area contributed by atoms with Crippen molar-refractivity contribution < 1.29 is 9.90 Å². The second-order valence-corrected chi connectivity index (χ2v) is 5.69. The fourth-order valence-electron chi connectivity index (χ4n) is 3.04. The van der Waals surface area contributed by atoms with Crippen LogP contribution in [0.2, 0.25) is 0 Å². The quantitative estimate of drug-likeness (QED) is 0.922. The molecule has 1 aliphatic heterocycles. The number of aliphatic hydroxyl groups is 1. The summed E-state index contributed by atoms with van der Waals surface area (Å²) in [4.78, 5) is 19.0. The molecule has 0 radical (unpaired) electrons. The van der Waals surface area contributed by atoms with Gasteiger partial charge in [-0.3, -0.25) is 4.79 Å². The van der Waals surface area contributed by atoms with Gasteiger partial charge in [0.2, 0.25) is 0 Å². The minimum absolute atomic E-state index is 0.0775. The number of nitrogens with zero attached hydrogens (tertiary/aromatic N) is 2. The summed E-state index contributed by atoms with van der Waals surface area (Å²) >= 11 is 0. The van der Waals surface area contributed by atoms with Crippen LogP contribution in [-0.4, -0.2) is 39.6 Å². The number of benzene rings is 1. The van der Waals surface area contributed by atoms with E-state index in [9.17, 15) is 9.90 Å². The van der Waals surface area contributed by atoms with E-state index in [1.807, 2.05) is 30.3 Å². The zero-order chi connectivity index (χ0) is 14.8. The lowest BCUT2D eigenvalue weighted by molar-refractivity contribution is 0.0277. The predicted molar refractivity (Wildman–Crippen MR) is 82.1 cm³/mol. The molecular formula is C17H20N2O2. The van der Waals surface area contributed by atoms with E-state index < -0.39 is 6.10 Å². The Bertz CT molecular complexity index is 654. The Kier molecular flexibility index (Phi) is 3.88. The fraction of sp³-hybridized carbons (Fsp3) is 0.412. The lowest BCUT2D eigenvalue weighted by atomic mass is 9.97. The molecule has 0 bridgehead atoms. The van der Waals surface area contributed by atoms with Gasteiger partial charge in [-0.1, -0.05) is 24.3 Å². The van der Waals surface area contributed by atoms with Crippen LogP contribution in [-0.2, 0) is 0 Å². The molecule has 1 aromatic carbocycles. The standard InChI is InChI=1S/C17H20N2O2/c1-12(20)16-8-4-5-11-19(16)17(21)15-10-9-13-6-2-3-7-14(13)18-15/h2-3,6-7,9-10,12,16,20H,4-5,8,11H2,1H3. The van der Waals surface area contributed by atoms with Gasteiger partial charge in [-0.25, -0.2) is 4.98 Å². The third-order valence-corrected chi connectivity index (χ3v) is 4.18. The maximum Gasteiger partial charge on any atom is 0.272 e. The van der Waals surface area contributed by atoms with Crippen LogP contribution >= 0.6 is 0 Å². The van der Waals surface area contributed by atoms with Gasteiger partial charge < -0.3 is 10.0 Å². The van der Waals surface area contributed by atoms with Crippen molar-refractivity contribution in [3.8, 4) is 0 Å². The predicted octanol–water partition coefficient (Wildman–Crippen LogP) is 2.61. The minimum Gasteiger partial charge on any atom is -0.391 e. The van der Waals surface area contributed by atoms with Gasteiger partial charge >= 0.3 is 0 Å². The Hall–Kier alpha value is -1.94. The molecule has 1 fully saturated rings. The smallest absolute Gasteiger partial charge is 0.272 e. The molecule has 4 heteroatoms. The molecule has 21 heavy (non-hydrogen) atoms. The van der Waals surface area contributed by atoms with Gasteiger partial charge in [0.25, 0.3) is 5.91 Å². The lowest BCUT2D eigenvalue weighted by Gasteiger charge is -2.37. The van der Waals surface area contributed by atoms with Gasteiger partial charge in [0.15, 0.2) is 0 Å². The van der Waals surface area contributed by atoms with Crippen molar-refractivity contribution in [1.82, 2.24) is 9.88 Å². The van der Waals surface area contributed by atoms with Gasteiger partial charge in [0.1, 0.15) is 5.69 Å². The van der Waals surface area contributed by atoms with Crippen molar-refractivity contribution in [1.29, 1.82) is 0 Å². The SMILES string of the molecule is CC(O)C1CCCCN1C(=O)c1ccc2ccccc2n1. The van der Waals surface area contributed by atoms with E-state index in [0.717, 1.165) is 30.2 Å². The zero-order valence-electron chi connectivity index (χ0n) is 12.2. The summed E-state index contributed by atoms with van der Waals surface area (Å²) in [6.07, 6.45) is 2.40. The maximum atomic E-state index is 12.7. The summed E-state index contributed by atoms with van der Waals surface area (Å²) in [7, 11) is 0. The third-order valence-electron chi connectivity index (χ3n) is 4.18. The molecule has 2 unspecified atom stereocenters. The van der Waals surface area contributed by atoms with Crippen molar-refractivity contribution in [2.75, 3.05) is 6.54 Å². The summed E-state index contributed by atoms with van der Waals surface area (Å²) in [6.45, 7) is 2.45. The largest absolute Gasteiger partial charge is 0.391 e. The molecule has 2 atom stereocenters. The number of hydrogen-bond donors (Lipinski definition) is 1. The second-order valence-electron chi connectivity index (χ2n) is 5.69. The normalized spacial score (nSPS) is 20.5. The summed E-state index contributed by atoms with van der Waals surface area (Å²) in [5, 5.41) is 10.9. The topological polar surface area (TPSA) is 53.4 Å². The maximum absolute atomic E-state index is 12.7. The van der Waals surface area contributed by atoms with Gasteiger partial charge in [-0.05, 0) is 38.3 Å². The zero-order valence-corrected chi connectivity index (χ0v) is 12.2. The summed E-state index contributed by atoms with van der Waals surface area (Å²) in [5.74, 6) is -0.0775. The van der Waals surface area contributed by atoms with E-state index in [0.29, 0.717) is 12.2 Å². The number of piperidine rings is 1. The molecule has 1 amide bonds. The van der Waals surface area contributed by atoms with E-state index in [2.05, 4.69) is 4.98 Å². The molecule has 0 spiro atoms. The lowest BCUT2D eigenvalue weighted by Crippen LogP contribution is -2.49.